The van der Waals surface area contributed by atoms with Crippen LogP contribution in [0.4, 0.5) is 0 Å². The summed E-state index contributed by atoms with van der Waals surface area (Å²) in [4.78, 5) is 8.80. The first-order valence-electron chi connectivity index (χ1n) is 7.44. The average Bonchev–Trinajstić information content (AvgIpc) is 3.16. The van der Waals surface area contributed by atoms with Gasteiger partial charge in [-0.3, -0.25) is 4.99 Å². The van der Waals surface area contributed by atoms with Crippen molar-refractivity contribution in [2.45, 2.75) is 25.5 Å². The monoisotopic (exact) mass is 493 g/mol. The molecule has 0 amide bonds. The fraction of sp³-hybridized carbons (Fsp3) is 0.467. The molecule has 1 atom stereocenters. The SMILES string of the molecule is CN=C(NCc1cn2cc(Br)ccc2n1)NCC1CCCO1.I. The molecular formula is C15H21BrIN5O. The molecule has 2 N–H and O–H groups in total. The largest absolute Gasteiger partial charge is 0.376 e. The fourth-order valence-corrected chi connectivity index (χ4v) is 2.87. The Labute approximate surface area is 161 Å². The lowest BCUT2D eigenvalue weighted by molar-refractivity contribution is 0.114. The molecule has 0 aliphatic carbocycles. The van der Waals surface area contributed by atoms with Crippen LogP contribution in [-0.4, -0.2) is 41.6 Å². The van der Waals surface area contributed by atoms with Crippen LogP contribution < -0.4 is 10.6 Å². The molecule has 1 saturated heterocycles. The Bertz CT molecular complexity index is 669. The molecule has 8 heteroatoms. The molecule has 6 nitrogen and oxygen atoms in total. The number of imidazole rings is 1. The van der Waals surface area contributed by atoms with Crippen molar-refractivity contribution in [1.29, 1.82) is 0 Å². The first kappa shape index (κ1) is 18.5. The number of guanidine groups is 1. The number of hydrogen-bond acceptors (Lipinski definition) is 3. The second kappa shape index (κ2) is 8.84. The highest BCUT2D eigenvalue weighted by Crippen LogP contribution is 2.12. The Kier molecular flexibility index (Phi) is 7.09. The Hall–Kier alpha value is -0.870. The fourth-order valence-electron chi connectivity index (χ4n) is 2.51. The Balaban J connectivity index is 0.00000192. The van der Waals surface area contributed by atoms with E-state index >= 15 is 0 Å². The minimum absolute atomic E-state index is 0. The summed E-state index contributed by atoms with van der Waals surface area (Å²) in [5, 5.41) is 6.58. The van der Waals surface area contributed by atoms with Gasteiger partial charge in [0.2, 0.25) is 0 Å². The molecule has 0 spiro atoms. The number of halogens is 2. The average molecular weight is 494 g/mol. The minimum Gasteiger partial charge on any atom is -0.376 e. The summed E-state index contributed by atoms with van der Waals surface area (Å²) < 4.78 is 8.63. The lowest BCUT2D eigenvalue weighted by Crippen LogP contribution is -2.40. The molecule has 1 aliphatic rings. The number of aliphatic imine (C=N–C) groups is 1. The summed E-state index contributed by atoms with van der Waals surface area (Å²) in [6.45, 7) is 2.29. The maximum absolute atomic E-state index is 5.60. The van der Waals surface area contributed by atoms with Crippen LogP contribution >= 0.6 is 39.9 Å². The summed E-state index contributed by atoms with van der Waals surface area (Å²) in [5.74, 6) is 0.772. The maximum Gasteiger partial charge on any atom is 0.191 e. The number of hydrogen-bond donors (Lipinski definition) is 2. The topological polar surface area (TPSA) is 63.0 Å². The van der Waals surface area contributed by atoms with Gasteiger partial charge in [-0.05, 0) is 40.9 Å². The van der Waals surface area contributed by atoms with Crippen LogP contribution in [0, 0.1) is 0 Å². The predicted octanol–water partition coefficient (Wildman–Crippen LogP) is 2.56. The third-order valence-corrected chi connectivity index (χ3v) is 4.12. The molecule has 1 aliphatic heterocycles. The predicted molar refractivity (Wildman–Crippen MR) is 105 cm³/mol. The standard InChI is InChI=1S/C15H20BrN5O.HI/c1-17-15(19-8-13-3-2-6-22-13)18-7-12-10-21-9-11(16)4-5-14(21)20-12;/h4-5,9-10,13H,2-3,6-8H2,1H3,(H2,17,18,19);1H. The van der Waals surface area contributed by atoms with Crippen LogP contribution in [-0.2, 0) is 11.3 Å². The van der Waals surface area contributed by atoms with E-state index in [4.69, 9.17) is 4.74 Å². The Morgan fingerprint density at radius 3 is 3.04 bits per heavy atom. The van der Waals surface area contributed by atoms with Gasteiger partial charge >= 0.3 is 0 Å². The number of fused-ring (bicyclic) bond motifs is 1. The van der Waals surface area contributed by atoms with Crippen molar-refractivity contribution in [2.75, 3.05) is 20.2 Å². The third kappa shape index (κ3) is 5.05. The quantitative estimate of drug-likeness (QED) is 0.390. The zero-order chi connectivity index (χ0) is 15.4. The number of nitrogens with zero attached hydrogens (tertiary/aromatic N) is 3. The van der Waals surface area contributed by atoms with Crippen molar-refractivity contribution in [1.82, 2.24) is 20.0 Å². The van der Waals surface area contributed by atoms with E-state index in [1.54, 1.807) is 7.05 Å². The summed E-state index contributed by atoms with van der Waals surface area (Å²) in [6, 6.07) is 3.97. The smallest absolute Gasteiger partial charge is 0.191 e. The molecule has 0 aromatic carbocycles. The Morgan fingerprint density at radius 2 is 2.30 bits per heavy atom. The zero-order valence-corrected chi connectivity index (χ0v) is 16.9. The third-order valence-electron chi connectivity index (χ3n) is 3.65. The molecular weight excluding hydrogens is 473 g/mol. The molecule has 2 aromatic heterocycles. The molecule has 1 fully saturated rings. The maximum atomic E-state index is 5.60. The number of nitrogens with one attached hydrogen (secondary N) is 2. The van der Waals surface area contributed by atoms with Gasteiger partial charge in [0.15, 0.2) is 5.96 Å². The number of ether oxygens (including phenoxy) is 1. The van der Waals surface area contributed by atoms with Crippen molar-refractivity contribution >= 4 is 51.5 Å². The van der Waals surface area contributed by atoms with Crippen molar-refractivity contribution in [2.24, 2.45) is 4.99 Å². The van der Waals surface area contributed by atoms with Gasteiger partial charge in [-0.2, -0.15) is 0 Å². The minimum atomic E-state index is 0. The normalized spacial score (nSPS) is 18.0. The van der Waals surface area contributed by atoms with Gasteiger partial charge in [-0.15, -0.1) is 24.0 Å². The zero-order valence-electron chi connectivity index (χ0n) is 13.0. The molecule has 0 radical (unpaired) electrons. The van der Waals surface area contributed by atoms with Crippen molar-refractivity contribution in [3.8, 4) is 0 Å². The second-order valence-electron chi connectivity index (χ2n) is 5.29. The highest BCUT2D eigenvalue weighted by molar-refractivity contribution is 14.0. The van der Waals surface area contributed by atoms with Crippen molar-refractivity contribution in [3.63, 3.8) is 0 Å². The van der Waals surface area contributed by atoms with Crippen molar-refractivity contribution < 1.29 is 4.74 Å². The lowest BCUT2D eigenvalue weighted by Gasteiger charge is -2.14. The van der Waals surface area contributed by atoms with E-state index < -0.39 is 0 Å². The molecule has 23 heavy (non-hydrogen) atoms. The van der Waals surface area contributed by atoms with E-state index in [0.717, 1.165) is 47.8 Å². The molecule has 1 unspecified atom stereocenters. The van der Waals surface area contributed by atoms with Crippen LogP contribution in [0.2, 0.25) is 0 Å². The van der Waals surface area contributed by atoms with Gasteiger partial charge in [0.25, 0.3) is 0 Å². The number of rotatable bonds is 4. The molecule has 3 heterocycles. The van der Waals surface area contributed by atoms with Crippen LogP contribution in [0.15, 0.2) is 34.0 Å². The highest BCUT2D eigenvalue weighted by atomic mass is 127. The van der Waals surface area contributed by atoms with Gasteiger partial charge in [0.1, 0.15) is 5.65 Å². The summed E-state index contributed by atoms with van der Waals surface area (Å²) in [7, 11) is 1.77. The first-order valence-corrected chi connectivity index (χ1v) is 8.23. The van der Waals surface area contributed by atoms with Crippen LogP contribution in [0.3, 0.4) is 0 Å². The van der Waals surface area contributed by atoms with Crippen LogP contribution in [0.5, 0.6) is 0 Å². The summed E-state index contributed by atoms with van der Waals surface area (Å²) >= 11 is 3.46. The summed E-state index contributed by atoms with van der Waals surface area (Å²) in [5.41, 5.74) is 1.90. The van der Waals surface area contributed by atoms with Gasteiger partial charge in [-0.25, -0.2) is 4.98 Å². The number of pyridine rings is 1. The van der Waals surface area contributed by atoms with Gasteiger partial charge in [0, 0.05) is 37.1 Å². The molecule has 0 saturated carbocycles. The highest BCUT2D eigenvalue weighted by Gasteiger charge is 2.15. The van der Waals surface area contributed by atoms with Gasteiger partial charge < -0.3 is 19.8 Å². The van der Waals surface area contributed by atoms with E-state index in [-0.39, 0.29) is 24.0 Å². The Morgan fingerprint density at radius 1 is 1.43 bits per heavy atom. The van der Waals surface area contributed by atoms with Gasteiger partial charge in [0.05, 0.1) is 18.3 Å². The molecule has 0 bridgehead atoms. The molecule has 126 valence electrons. The van der Waals surface area contributed by atoms with Crippen LogP contribution in [0.1, 0.15) is 18.5 Å². The lowest BCUT2D eigenvalue weighted by atomic mass is 10.2. The van der Waals surface area contributed by atoms with E-state index in [9.17, 15) is 0 Å². The van der Waals surface area contributed by atoms with E-state index in [2.05, 4.69) is 36.5 Å². The van der Waals surface area contributed by atoms with E-state index in [0.29, 0.717) is 12.6 Å². The second-order valence-corrected chi connectivity index (χ2v) is 6.20. The summed E-state index contributed by atoms with van der Waals surface area (Å²) in [6.07, 6.45) is 6.57. The van der Waals surface area contributed by atoms with Crippen molar-refractivity contribution in [3.05, 3.63) is 34.7 Å². The molecule has 3 rings (SSSR count). The van der Waals surface area contributed by atoms with E-state index in [1.165, 1.54) is 0 Å². The van der Waals surface area contributed by atoms with E-state index in [1.807, 2.05) is 28.9 Å². The van der Waals surface area contributed by atoms with Gasteiger partial charge in [-0.1, -0.05) is 0 Å². The molecule has 2 aromatic rings. The first-order chi connectivity index (χ1) is 10.7. The van der Waals surface area contributed by atoms with Crippen LogP contribution in [0.25, 0.3) is 5.65 Å². The number of aromatic nitrogens is 2.